The van der Waals surface area contributed by atoms with Crippen molar-refractivity contribution in [3.8, 4) is 0 Å². The van der Waals surface area contributed by atoms with Crippen LogP contribution >= 0.6 is 24.0 Å². The van der Waals surface area contributed by atoms with Crippen LogP contribution in [0.2, 0.25) is 0 Å². The summed E-state index contributed by atoms with van der Waals surface area (Å²) in [4.78, 5) is 0. The SMILES string of the molecule is Cc1ccc(C(=S)Sc2cccc[n+]2C)cc1. The quantitative estimate of drug-likeness (QED) is 0.463. The summed E-state index contributed by atoms with van der Waals surface area (Å²) >= 11 is 7.08. The van der Waals surface area contributed by atoms with Gasteiger partial charge in [0.05, 0.1) is 4.20 Å². The normalized spacial score (nSPS) is 10.2. The summed E-state index contributed by atoms with van der Waals surface area (Å²) in [6.07, 6.45) is 2.03. The first-order valence-electron chi connectivity index (χ1n) is 5.40. The molecule has 0 aliphatic carbocycles. The number of rotatable bonds is 2. The molecule has 0 N–H and O–H groups in total. The van der Waals surface area contributed by atoms with Crippen molar-refractivity contribution >= 4 is 28.2 Å². The van der Waals surface area contributed by atoms with Crippen LogP contribution in [0, 0.1) is 6.92 Å². The zero-order valence-corrected chi connectivity index (χ0v) is 11.5. The minimum atomic E-state index is 0.909. The number of hydrogen-bond donors (Lipinski definition) is 0. The van der Waals surface area contributed by atoms with Gasteiger partial charge in [0, 0.05) is 12.1 Å². The zero-order chi connectivity index (χ0) is 12.3. The van der Waals surface area contributed by atoms with Crippen LogP contribution in [-0.4, -0.2) is 4.20 Å². The van der Waals surface area contributed by atoms with E-state index < -0.39 is 0 Å². The Morgan fingerprint density at radius 3 is 2.47 bits per heavy atom. The largest absolute Gasteiger partial charge is 0.245 e. The molecule has 0 radical (unpaired) electrons. The van der Waals surface area contributed by atoms with Crippen molar-refractivity contribution in [2.24, 2.45) is 7.05 Å². The van der Waals surface area contributed by atoms with E-state index in [0.717, 1.165) is 14.8 Å². The molecule has 3 heteroatoms. The Morgan fingerprint density at radius 1 is 1.12 bits per heavy atom. The fraction of sp³-hybridized carbons (Fsp3) is 0.143. The van der Waals surface area contributed by atoms with Crippen molar-refractivity contribution in [3.05, 3.63) is 59.8 Å². The highest BCUT2D eigenvalue weighted by atomic mass is 32.2. The Kier molecular flexibility index (Phi) is 3.92. The molecule has 86 valence electrons. The van der Waals surface area contributed by atoms with E-state index in [0.29, 0.717) is 0 Å². The third-order valence-corrected chi connectivity index (χ3v) is 4.03. The van der Waals surface area contributed by atoms with Crippen LogP contribution < -0.4 is 4.57 Å². The van der Waals surface area contributed by atoms with Gasteiger partial charge in [0.2, 0.25) is 5.03 Å². The molecule has 0 amide bonds. The number of benzene rings is 1. The van der Waals surface area contributed by atoms with E-state index in [1.807, 2.05) is 25.4 Å². The maximum Gasteiger partial charge on any atom is 0.245 e. The predicted octanol–water partition coefficient (Wildman–Crippen LogP) is 3.29. The summed E-state index contributed by atoms with van der Waals surface area (Å²) in [5.41, 5.74) is 2.37. The number of aryl methyl sites for hydroxylation is 2. The summed E-state index contributed by atoms with van der Waals surface area (Å²) < 4.78 is 2.98. The van der Waals surface area contributed by atoms with Gasteiger partial charge < -0.3 is 0 Å². The van der Waals surface area contributed by atoms with Crippen LogP contribution in [0.25, 0.3) is 0 Å². The van der Waals surface area contributed by atoms with Gasteiger partial charge in [-0.05, 0) is 30.3 Å². The van der Waals surface area contributed by atoms with Crippen LogP contribution in [0.1, 0.15) is 11.1 Å². The van der Waals surface area contributed by atoms with E-state index in [4.69, 9.17) is 12.2 Å². The third kappa shape index (κ3) is 3.14. The summed E-state index contributed by atoms with van der Waals surface area (Å²) in [6.45, 7) is 2.08. The van der Waals surface area contributed by atoms with Crippen LogP contribution in [0.4, 0.5) is 0 Å². The number of thioether (sulfide) groups is 1. The van der Waals surface area contributed by atoms with Crippen molar-refractivity contribution in [2.75, 3.05) is 0 Å². The molecule has 1 nitrogen and oxygen atoms in total. The number of hydrogen-bond acceptors (Lipinski definition) is 2. The van der Waals surface area contributed by atoms with Crippen LogP contribution in [0.5, 0.6) is 0 Å². The molecule has 0 bridgehead atoms. The molecule has 0 aliphatic rings. The Hall–Kier alpha value is -1.19. The second-order valence-electron chi connectivity index (χ2n) is 3.91. The molecule has 0 atom stereocenters. The van der Waals surface area contributed by atoms with Gasteiger partial charge >= 0.3 is 0 Å². The standard InChI is InChI=1S/C14H14NS2/c1-11-6-8-12(9-7-11)14(16)17-13-5-3-4-10-15(13)2/h3-10H,1-2H3/q+1. The first kappa shape index (κ1) is 12.3. The minimum Gasteiger partial charge on any atom is -0.196 e. The summed E-state index contributed by atoms with van der Waals surface area (Å²) in [7, 11) is 2.03. The molecule has 1 aromatic heterocycles. The van der Waals surface area contributed by atoms with Crippen molar-refractivity contribution in [3.63, 3.8) is 0 Å². The lowest BCUT2D eigenvalue weighted by Gasteiger charge is -2.02. The lowest BCUT2D eigenvalue weighted by Crippen LogP contribution is -2.30. The van der Waals surface area contributed by atoms with Crippen molar-refractivity contribution in [2.45, 2.75) is 11.9 Å². The monoisotopic (exact) mass is 260 g/mol. The second kappa shape index (κ2) is 5.43. The maximum atomic E-state index is 5.46. The summed E-state index contributed by atoms with van der Waals surface area (Å²) in [5.74, 6) is 0. The molecule has 2 rings (SSSR count). The van der Waals surface area contributed by atoms with Crippen molar-refractivity contribution < 1.29 is 4.57 Å². The van der Waals surface area contributed by atoms with E-state index in [9.17, 15) is 0 Å². The van der Waals surface area contributed by atoms with E-state index in [2.05, 4.69) is 41.8 Å². The molecule has 0 saturated carbocycles. The highest BCUT2D eigenvalue weighted by Crippen LogP contribution is 2.20. The topological polar surface area (TPSA) is 3.88 Å². The summed E-state index contributed by atoms with van der Waals surface area (Å²) in [6, 6.07) is 14.5. The van der Waals surface area contributed by atoms with E-state index in [-0.39, 0.29) is 0 Å². The zero-order valence-electron chi connectivity index (χ0n) is 9.88. The Labute approximate surface area is 111 Å². The average molecular weight is 260 g/mol. The first-order chi connectivity index (χ1) is 8.16. The molecule has 2 aromatic rings. The first-order valence-corrected chi connectivity index (χ1v) is 6.63. The average Bonchev–Trinajstić information content (AvgIpc) is 2.33. The lowest BCUT2D eigenvalue weighted by atomic mass is 10.2. The van der Waals surface area contributed by atoms with Crippen LogP contribution in [0.15, 0.2) is 53.7 Å². The van der Waals surface area contributed by atoms with Gasteiger partial charge in [0.1, 0.15) is 7.05 Å². The minimum absolute atomic E-state index is 0.909. The number of nitrogens with zero attached hydrogens (tertiary/aromatic N) is 1. The smallest absolute Gasteiger partial charge is 0.196 e. The van der Waals surface area contributed by atoms with Gasteiger partial charge in [-0.15, -0.1) is 0 Å². The number of aromatic nitrogens is 1. The van der Waals surface area contributed by atoms with E-state index >= 15 is 0 Å². The molecule has 0 aliphatic heterocycles. The second-order valence-corrected chi connectivity index (χ2v) is 5.60. The van der Waals surface area contributed by atoms with Gasteiger partial charge in [0.25, 0.3) is 0 Å². The highest BCUT2D eigenvalue weighted by molar-refractivity contribution is 8.23. The molecular weight excluding hydrogens is 246 g/mol. The molecule has 17 heavy (non-hydrogen) atoms. The molecule has 1 heterocycles. The highest BCUT2D eigenvalue weighted by Gasteiger charge is 2.10. The van der Waals surface area contributed by atoms with Crippen molar-refractivity contribution in [1.29, 1.82) is 0 Å². The Bertz CT molecular complexity index is 532. The lowest BCUT2D eigenvalue weighted by molar-refractivity contribution is -0.708. The third-order valence-electron chi connectivity index (χ3n) is 2.49. The maximum absolute atomic E-state index is 5.46. The fourth-order valence-corrected chi connectivity index (χ4v) is 2.64. The summed E-state index contributed by atoms with van der Waals surface area (Å²) in [5, 5.41) is 1.15. The van der Waals surface area contributed by atoms with E-state index in [1.165, 1.54) is 5.56 Å². The van der Waals surface area contributed by atoms with Gasteiger partial charge in [-0.1, -0.05) is 42.0 Å². The van der Waals surface area contributed by atoms with E-state index in [1.54, 1.807) is 11.8 Å². The van der Waals surface area contributed by atoms with Crippen LogP contribution in [-0.2, 0) is 7.05 Å². The Balaban J connectivity index is 2.17. The molecule has 1 aromatic carbocycles. The van der Waals surface area contributed by atoms with Crippen molar-refractivity contribution in [1.82, 2.24) is 0 Å². The van der Waals surface area contributed by atoms with Gasteiger partial charge in [-0.25, -0.2) is 0 Å². The molecule has 0 unspecified atom stereocenters. The number of thiocarbonyl (C=S) groups is 1. The molecule has 0 saturated heterocycles. The van der Waals surface area contributed by atoms with Gasteiger partial charge in [-0.2, -0.15) is 4.57 Å². The fourth-order valence-electron chi connectivity index (χ4n) is 1.46. The van der Waals surface area contributed by atoms with Crippen LogP contribution in [0.3, 0.4) is 0 Å². The Morgan fingerprint density at radius 2 is 1.82 bits per heavy atom. The van der Waals surface area contributed by atoms with Gasteiger partial charge in [0.15, 0.2) is 6.20 Å². The molecule has 0 fully saturated rings. The predicted molar refractivity (Wildman–Crippen MR) is 76.4 cm³/mol. The molecule has 0 spiro atoms. The molecular formula is C14H14NS2+. The van der Waals surface area contributed by atoms with Gasteiger partial charge in [-0.3, -0.25) is 0 Å². The number of pyridine rings is 1.